The van der Waals surface area contributed by atoms with Crippen LogP contribution in [0.4, 0.5) is 14.9 Å². The number of carbonyl (C=O) groups excluding carboxylic acids is 3. The van der Waals surface area contributed by atoms with Crippen LogP contribution in [0, 0.1) is 5.82 Å². The zero-order chi connectivity index (χ0) is 24.5. The van der Waals surface area contributed by atoms with Crippen LogP contribution >= 0.6 is 11.6 Å². The van der Waals surface area contributed by atoms with Gasteiger partial charge in [-0.2, -0.15) is 0 Å². The van der Waals surface area contributed by atoms with Crippen molar-refractivity contribution < 1.29 is 18.8 Å². The van der Waals surface area contributed by atoms with E-state index in [0.717, 1.165) is 26.8 Å². The molecule has 0 atom stereocenters. The molecule has 0 bridgehead atoms. The van der Waals surface area contributed by atoms with Crippen LogP contribution in [0.1, 0.15) is 16.7 Å². The van der Waals surface area contributed by atoms with Crippen molar-refractivity contribution in [3.8, 4) is 0 Å². The van der Waals surface area contributed by atoms with Gasteiger partial charge in [0.05, 0.1) is 10.7 Å². The fourth-order valence-electron chi connectivity index (χ4n) is 4.19. The quantitative estimate of drug-likeness (QED) is 0.290. The molecule has 1 aliphatic heterocycles. The van der Waals surface area contributed by atoms with Gasteiger partial charge in [0.25, 0.3) is 11.8 Å². The first-order valence-electron chi connectivity index (χ1n) is 10.8. The molecular weight excluding hydrogens is 467 g/mol. The van der Waals surface area contributed by atoms with Crippen molar-refractivity contribution in [1.82, 2.24) is 5.32 Å². The molecule has 0 aromatic heterocycles. The maximum absolute atomic E-state index is 13.8. The Kier molecular flexibility index (Phi) is 5.89. The van der Waals surface area contributed by atoms with Crippen molar-refractivity contribution in [1.29, 1.82) is 0 Å². The molecule has 0 saturated carbocycles. The van der Waals surface area contributed by atoms with Crippen LogP contribution in [-0.4, -0.2) is 17.8 Å². The number of imide groups is 2. The lowest BCUT2D eigenvalue weighted by Crippen LogP contribution is -2.54. The summed E-state index contributed by atoms with van der Waals surface area (Å²) < 4.78 is 13.8. The highest BCUT2D eigenvalue weighted by Gasteiger charge is 2.37. The van der Waals surface area contributed by atoms with Gasteiger partial charge in [0.2, 0.25) is 0 Å². The summed E-state index contributed by atoms with van der Waals surface area (Å²) in [6.07, 6.45) is 1.87. The van der Waals surface area contributed by atoms with Crippen LogP contribution < -0.4 is 10.2 Å². The summed E-state index contributed by atoms with van der Waals surface area (Å²) in [7, 11) is 0. The highest BCUT2D eigenvalue weighted by Crippen LogP contribution is 2.31. The number of nitrogens with one attached hydrogen (secondary N) is 1. The van der Waals surface area contributed by atoms with E-state index in [0.29, 0.717) is 12.0 Å². The van der Waals surface area contributed by atoms with Gasteiger partial charge in [0.1, 0.15) is 11.4 Å². The minimum Gasteiger partial charge on any atom is -0.273 e. The van der Waals surface area contributed by atoms with Gasteiger partial charge in [-0.15, -0.1) is 0 Å². The molecule has 1 heterocycles. The maximum atomic E-state index is 13.8. The summed E-state index contributed by atoms with van der Waals surface area (Å²) in [5.74, 6) is -1.93. The molecule has 4 amide bonds. The Morgan fingerprint density at radius 2 is 1.66 bits per heavy atom. The monoisotopic (exact) mass is 484 g/mol. The van der Waals surface area contributed by atoms with Gasteiger partial charge in [0, 0.05) is 0 Å². The predicted octanol–water partition coefficient (Wildman–Crippen LogP) is 5.89. The van der Waals surface area contributed by atoms with E-state index in [1.807, 2.05) is 42.5 Å². The van der Waals surface area contributed by atoms with Crippen LogP contribution in [0.15, 0.2) is 90.5 Å². The normalized spacial score (nSPS) is 15.1. The summed E-state index contributed by atoms with van der Waals surface area (Å²) in [4.78, 5) is 39.6. The van der Waals surface area contributed by atoms with E-state index >= 15 is 0 Å². The molecule has 1 fully saturated rings. The molecule has 1 aliphatic rings. The fourth-order valence-corrected chi connectivity index (χ4v) is 4.41. The van der Waals surface area contributed by atoms with E-state index in [9.17, 15) is 18.8 Å². The number of carbonyl (C=O) groups is 3. The Labute approximate surface area is 205 Å². The Morgan fingerprint density at radius 3 is 2.46 bits per heavy atom. The van der Waals surface area contributed by atoms with Gasteiger partial charge in [-0.05, 0) is 64.2 Å². The zero-order valence-electron chi connectivity index (χ0n) is 18.3. The number of amides is 4. The minimum atomic E-state index is -0.872. The average Bonchev–Trinajstić information content (AvgIpc) is 2.84. The van der Waals surface area contributed by atoms with E-state index in [2.05, 4.69) is 5.32 Å². The number of halogens is 2. The SMILES string of the molecule is O=C1NC(=O)N(c2ccccc2Cl)C(=O)/C1=C/c1c(Cc2cccc(F)c2)ccc2ccccc12. The summed E-state index contributed by atoms with van der Waals surface area (Å²) in [6.45, 7) is 0. The molecule has 7 heteroatoms. The highest BCUT2D eigenvalue weighted by atomic mass is 35.5. The minimum absolute atomic E-state index is 0.174. The molecule has 1 N–H and O–H groups in total. The molecule has 0 unspecified atom stereocenters. The van der Waals surface area contributed by atoms with Crippen LogP contribution in [0.5, 0.6) is 0 Å². The summed E-state index contributed by atoms with van der Waals surface area (Å²) in [5, 5.41) is 4.15. The first-order chi connectivity index (χ1) is 16.9. The number of rotatable bonds is 4. The third-order valence-electron chi connectivity index (χ3n) is 5.83. The van der Waals surface area contributed by atoms with Crippen molar-refractivity contribution in [2.45, 2.75) is 6.42 Å². The topological polar surface area (TPSA) is 66.5 Å². The van der Waals surface area contributed by atoms with Crippen molar-refractivity contribution in [3.05, 3.63) is 118 Å². The number of urea groups is 1. The molecule has 172 valence electrons. The molecule has 5 rings (SSSR count). The van der Waals surface area contributed by atoms with E-state index in [1.54, 1.807) is 24.3 Å². The smallest absolute Gasteiger partial charge is 0.273 e. The predicted molar refractivity (Wildman–Crippen MR) is 134 cm³/mol. The van der Waals surface area contributed by atoms with Crippen molar-refractivity contribution in [2.24, 2.45) is 0 Å². The Bertz CT molecular complexity index is 1550. The molecular formula is C28H18ClFN2O3. The third kappa shape index (κ3) is 4.32. The highest BCUT2D eigenvalue weighted by molar-refractivity contribution is 6.42. The first kappa shape index (κ1) is 22.5. The first-order valence-corrected chi connectivity index (χ1v) is 11.2. The number of anilines is 1. The van der Waals surface area contributed by atoms with Gasteiger partial charge >= 0.3 is 6.03 Å². The Hall–Kier alpha value is -4.29. The maximum Gasteiger partial charge on any atom is 0.335 e. The average molecular weight is 485 g/mol. The van der Waals surface area contributed by atoms with Gasteiger partial charge < -0.3 is 0 Å². The molecule has 0 spiro atoms. The second kappa shape index (κ2) is 9.16. The van der Waals surface area contributed by atoms with Gasteiger partial charge in [0.15, 0.2) is 0 Å². The number of hydrogen-bond acceptors (Lipinski definition) is 3. The zero-order valence-corrected chi connectivity index (χ0v) is 19.1. The molecule has 35 heavy (non-hydrogen) atoms. The van der Waals surface area contributed by atoms with Crippen LogP contribution in [0.2, 0.25) is 5.02 Å². The molecule has 4 aromatic rings. The summed E-state index contributed by atoms with van der Waals surface area (Å²) in [5.41, 5.74) is 2.14. The lowest BCUT2D eigenvalue weighted by atomic mass is 9.92. The van der Waals surface area contributed by atoms with E-state index in [-0.39, 0.29) is 22.1 Å². The molecule has 0 radical (unpaired) electrons. The van der Waals surface area contributed by atoms with Gasteiger partial charge in [-0.1, -0.05) is 72.3 Å². The standard InChI is InChI=1S/C28H18ClFN2O3/c29-24-10-3-4-11-25(24)32-27(34)23(26(33)31-28(32)35)16-22-19(14-17-6-5-8-20(30)15-17)13-12-18-7-1-2-9-21(18)22/h1-13,15-16H,14H2,(H,31,33,35)/b23-16+. The largest absolute Gasteiger partial charge is 0.335 e. The number of para-hydroxylation sites is 1. The number of fused-ring (bicyclic) bond motifs is 1. The second-order valence-electron chi connectivity index (χ2n) is 8.08. The lowest BCUT2D eigenvalue weighted by molar-refractivity contribution is -0.122. The summed E-state index contributed by atoms with van der Waals surface area (Å²) in [6, 6.07) is 23.2. The van der Waals surface area contributed by atoms with Crippen LogP contribution in [0.25, 0.3) is 16.8 Å². The lowest BCUT2D eigenvalue weighted by Gasteiger charge is -2.27. The second-order valence-corrected chi connectivity index (χ2v) is 8.48. The number of nitrogens with zero attached hydrogens (tertiary/aromatic N) is 1. The number of hydrogen-bond donors (Lipinski definition) is 1. The Balaban J connectivity index is 1.66. The molecule has 1 saturated heterocycles. The van der Waals surface area contributed by atoms with Crippen LogP contribution in [-0.2, 0) is 16.0 Å². The molecule has 0 aliphatic carbocycles. The number of barbiturate groups is 1. The van der Waals surface area contributed by atoms with Crippen LogP contribution in [0.3, 0.4) is 0 Å². The molecule has 5 nitrogen and oxygen atoms in total. The molecule has 4 aromatic carbocycles. The van der Waals surface area contributed by atoms with Gasteiger partial charge in [-0.3, -0.25) is 14.9 Å². The van der Waals surface area contributed by atoms with E-state index in [4.69, 9.17) is 11.6 Å². The third-order valence-corrected chi connectivity index (χ3v) is 6.15. The van der Waals surface area contributed by atoms with Crippen molar-refractivity contribution in [3.63, 3.8) is 0 Å². The van der Waals surface area contributed by atoms with E-state index in [1.165, 1.54) is 24.3 Å². The van der Waals surface area contributed by atoms with E-state index < -0.39 is 17.8 Å². The summed E-state index contributed by atoms with van der Waals surface area (Å²) >= 11 is 6.23. The Morgan fingerprint density at radius 1 is 0.886 bits per heavy atom. The van der Waals surface area contributed by atoms with Gasteiger partial charge in [-0.25, -0.2) is 14.1 Å². The van der Waals surface area contributed by atoms with Crippen molar-refractivity contribution >= 4 is 52.0 Å². The fraction of sp³-hybridized carbons (Fsp3) is 0.0357. The number of benzene rings is 4. The van der Waals surface area contributed by atoms with Crippen molar-refractivity contribution in [2.75, 3.05) is 4.90 Å².